The van der Waals surface area contributed by atoms with Gasteiger partial charge in [0.2, 0.25) is 0 Å². The van der Waals surface area contributed by atoms with Gasteiger partial charge in [0.15, 0.2) is 0 Å². The fraction of sp³-hybridized carbons (Fsp3) is 0.130. The molecule has 0 radical (unpaired) electrons. The first kappa shape index (κ1) is 19.8. The van der Waals surface area contributed by atoms with Crippen molar-refractivity contribution in [3.63, 3.8) is 0 Å². The van der Waals surface area contributed by atoms with E-state index < -0.39 is 0 Å². The standard InChI is InChI=1S/C23H18ClN3O3/c1-26(13-16-9-10-20(24)25-12-16)21(28)17-6-4-5-15(11-17)14-27-22(29)18-7-2-3-8-19(18)23(27)30/h2-12H,13-14H2,1H3. The van der Waals surface area contributed by atoms with E-state index in [1.807, 2.05) is 6.07 Å². The van der Waals surface area contributed by atoms with E-state index in [1.165, 1.54) is 4.90 Å². The average molecular weight is 420 g/mol. The number of amides is 3. The van der Waals surface area contributed by atoms with Gasteiger partial charge in [0.25, 0.3) is 17.7 Å². The number of imide groups is 1. The molecule has 0 saturated carbocycles. The van der Waals surface area contributed by atoms with E-state index in [2.05, 4.69) is 4.98 Å². The van der Waals surface area contributed by atoms with E-state index in [9.17, 15) is 14.4 Å². The molecule has 30 heavy (non-hydrogen) atoms. The topological polar surface area (TPSA) is 70.6 Å². The van der Waals surface area contributed by atoms with Crippen LogP contribution in [0.25, 0.3) is 0 Å². The second kappa shape index (κ2) is 8.08. The maximum absolute atomic E-state index is 12.8. The molecule has 2 aromatic carbocycles. The highest BCUT2D eigenvalue weighted by Gasteiger charge is 2.35. The molecular formula is C23H18ClN3O3. The number of benzene rings is 2. The molecule has 1 aliphatic rings. The molecular weight excluding hydrogens is 402 g/mol. The molecule has 0 atom stereocenters. The van der Waals surface area contributed by atoms with Crippen molar-refractivity contribution in [3.8, 4) is 0 Å². The molecule has 7 heteroatoms. The van der Waals surface area contributed by atoms with Crippen molar-refractivity contribution in [2.45, 2.75) is 13.1 Å². The molecule has 0 saturated heterocycles. The van der Waals surface area contributed by atoms with Crippen molar-refractivity contribution in [1.29, 1.82) is 0 Å². The second-order valence-corrected chi connectivity index (χ2v) is 7.48. The van der Waals surface area contributed by atoms with E-state index in [0.29, 0.717) is 34.0 Å². The third-order valence-electron chi connectivity index (χ3n) is 4.95. The SMILES string of the molecule is CN(Cc1ccc(Cl)nc1)C(=O)c1cccc(CN2C(=O)c3ccccc3C2=O)c1. The molecule has 0 bridgehead atoms. The largest absolute Gasteiger partial charge is 0.337 e. The number of carbonyl (C=O) groups excluding carboxylic acids is 3. The van der Waals surface area contributed by atoms with Gasteiger partial charge in [-0.15, -0.1) is 0 Å². The minimum Gasteiger partial charge on any atom is -0.337 e. The Morgan fingerprint density at radius 1 is 0.967 bits per heavy atom. The van der Waals surface area contributed by atoms with Gasteiger partial charge in [-0.25, -0.2) is 4.98 Å². The molecule has 0 N–H and O–H groups in total. The first-order valence-corrected chi connectivity index (χ1v) is 9.72. The summed E-state index contributed by atoms with van der Waals surface area (Å²) < 4.78 is 0. The normalized spacial score (nSPS) is 12.8. The van der Waals surface area contributed by atoms with Crippen LogP contribution in [0.5, 0.6) is 0 Å². The monoisotopic (exact) mass is 419 g/mol. The van der Waals surface area contributed by atoms with Crippen LogP contribution >= 0.6 is 11.6 Å². The predicted octanol–water partition coefficient (Wildman–Crippen LogP) is 3.80. The van der Waals surface area contributed by atoms with Gasteiger partial charge in [-0.05, 0) is 41.5 Å². The Kier molecular flexibility index (Phi) is 5.33. The quantitative estimate of drug-likeness (QED) is 0.466. The zero-order valence-electron chi connectivity index (χ0n) is 16.2. The number of carbonyl (C=O) groups is 3. The van der Waals surface area contributed by atoms with Crippen LogP contribution in [-0.4, -0.2) is 39.6 Å². The highest BCUT2D eigenvalue weighted by atomic mass is 35.5. The molecule has 1 aliphatic heterocycles. The van der Waals surface area contributed by atoms with Crippen molar-refractivity contribution in [1.82, 2.24) is 14.8 Å². The number of aromatic nitrogens is 1. The third kappa shape index (κ3) is 3.82. The predicted molar refractivity (Wildman–Crippen MR) is 112 cm³/mol. The summed E-state index contributed by atoms with van der Waals surface area (Å²) in [4.78, 5) is 44.8. The number of halogens is 1. The van der Waals surface area contributed by atoms with Crippen LogP contribution in [0.1, 0.15) is 42.2 Å². The van der Waals surface area contributed by atoms with Crippen molar-refractivity contribution in [2.24, 2.45) is 0 Å². The summed E-state index contributed by atoms with van der Waals surface area (Å²) in [5.74, 6) is -0.812. The number of fused-ring (bicyclic) bond motifs is 1. The Morgan fingerprint density at radius 3 is 2.30 bits per heavy atom. The second-order valence-electron chi connectivity index (χ2n) is 7.09. The van der Waals surface area contributed by atoms with Gasteiger partial charge in [-0.3, -0.25) is 19.3 Å². The summed E-state index contributed by atoms with van der Waals surface area (Å²) >= 11 is 5.80. The minimum atomic E-state index is -0.320. The van der Waals surface area contributed by atoms with Crippen molar-refractivity contribution in [3.05, 3.63) is 99.8 Å². The molecule has 3 aromatic rings. The van der Waals surface area contributed by atoms with E-state index in [4.69, 9.17) is 11.6 Å². The Labute approximate surface area is 178 Å². The Bertz CT molecular complexity index is 1110. The lowest BCUT2D eigenvalue weighted by molar-refractivity contribution is 0.0642. The highest BCUT2D eigenvalue weighted by Crippen LogP contribution is 2.24. The number of nitrogens with zero attached hydrogens (tertiary/aromatic N) is 3. The Morgan fingerprint density at radius 2 is 1.67 bits per heavy atom. The first-order valence-electron chi connectivity index (χ1n) is 9.34. The van der Waals surface area contributed by atoms with Crippen LogP contribution in [0.3, 0.4) is 0 Å². The lowest BCUT2D eigenvalue weighted by Gasteiger charge is -2.18. The Balaban J connectivity index is 1.49. The summed E-state index contributed by atoms with van der Waals surface area (Å²) in [6.45, 7) is 0.490. The van der Waals surface area contributed by atoms with Crippen molar-refractivity contribution in [2.75, 3.05) is 7.05 Å². The molecule has 0 fully saturated rings. The zero-order chi connectivity index (χ0) is 21.3. The van der Waals surface area contributed by atoms with Crippen molar-refractivity contribution >= 4 is 29.3 Å². The van der Waals surface area contributed by atoms with Gasteiger partial charge in [0.1, 0.15) is 5.15 Å². The fourth-order valence-electron chi connectivity index (χ4n) is 3.43. The highest BCUT2D eigenvalue weighted by molar-refractivity contribution is 6.29. The molecule has 0 unspecified atom stereocenters. The van der Waals surface area contributed by atoms with Crippen LogP contribution in [-0.2, 0) is 13.1 Å². The average Bonchev–Trinajstić information content (AvgIpc) is 3.00. The number of hydrogen-bond donors (Lipinski definition) is 0. The molecule has 0 spiro atoms. The van der Waals surface area contributed by atoms with Crippen LogP contribution in [0.15, 0.2) is 66.9 Å². The van der Waals surface area contributed by atoms with E-state index in [1.54, 1.807) is 72.7 Å². The van der Waals surface area contributed by atoms with Crippen LogP contribution in [0, 0.1) is 0 Å². The fourth-order valence-corrected chi connectivity index (χ4v) is 3.55. The van der Waals surface area contributed by atoms with E-state index in [0.717, 1.165) is 5.56 Å². The number of hydrogen-bond acceptors (Lipinski definition) is 4. The van der Waals surface area contributed by atoms with Gasteiger partial charge in [-0.2, -0.15) is 0 Å². The molecule has 150 valence electrons. The summed E-state index contributed by atoms with van der Waals surface area (Å²) in [7, 11) is 1.70. The van der Waals surface area contributed by atoms with Gasteiger partial charge in [-0.1, -0.05) is 41.9 Å². The maximum Gasteiger partial charge on any atom is 0.261 e. The first-order chi connectivity index (χ1) is 14.4. The molecule has 6 nitrogen and oxygen atoms in total. The summed E-state index contributed by atoms with van der Waals surface area (Å²) in [5.41, 5.74) is 2.86. The van der Waals surface area contributed by atoms with Crippen molar-refractivity contribution < 1.29 is 14.4 Å². The summed E-state index contributed by atoms with van der Waals surface area (Å²) in [6.07, 6.45) is 1.63. The third-order valence-corrected chi connectivity index (χ3v) is 5.17. The van der Waals surface area contributed by atoms with Gasteiger partial charge < -0.3 is 4.90 Å². The van der Waals surface area contributed by atoms with Gasteiger partial charge in [0, 0.05) is 25.4 Å². The molecule has 4 rings (SSSR count). The zero-order valence-corrected chi connectivity index (χ0v) is 17.0. The number of rotatable bonds is 5. The summed E-state index contributed by atoms with van der Waals surface area (Å²) in [6, 6.07) is 17.2. The smallest absolute Gasteiger partial charge is 0.261 e. The lowest BCUT2D eigenvalue weighted by atomic mass is 10.1. The number of pyridine rings is 1. The van der Waals surface area contributed by atoms with Gasteiger partial charge >= 0.3 is 0 Å². The minimum absolute atomic E-state index is 0.109. The van der Waals surface area contributed by atoms with Crippen LogP contribution < -0.4 is 0 Å². The Hall–Kier alpha value is -3.51. The van der Waals surface area contributed by atoms with Crippen LogP contribution in [0.4, 0.5) is 0 Å². The molecule has 3 amide bonds. The molecule has 1 aromatic heterocycles. The van der Waals surface area contributed by atoms with E-state index in [-0.39, 0.29) is 24.3 Å². The van der Waals surface area contributed by atoms with Crippen LogP contribution in [0.2, 0.25) is 5.15 Å². The molecule has 0 aliphatic carbocycles. The maximum atomic E-state index is 12.8. The lowest BCUT2D eigenvalue weighted by Crippen LogP contribution is -2.29. The van der Waals surface area contributed by atoms with E-state index >= 15 is 0 Å². The molecule has 2 heterocycles. The van der Waals surface area contributed by atoms with Gasteiger partial charge in [0.05, 0.1) is 17.7 Å². The summed E-state index contributed by atoms with van der Waals surface area (Å²) in [5, 5.41) is 0.397.